The number of benzene rings is 1. The van der Waals surface area contributed by atoms with E-state index in [2.05, 4.69) is 9.97 Å². The average molecular weight is 284 g/mol. The molecule has 0 fully saturated rings. The van der Waals surface area contributed by atoms with Crippen molar-refractivity contribution in [1.29, 1.82) is 0 Å². The van der Waals surface area contributed by atoms with Crippen molar-refractivity contribution < 1.29 is 18.6 Å². The fourth-order valence-corrected chi connectivity index (χ4v) is 1.86. The van der Waals surface area contributed by atoms with Gasteiger partial charge < -0.3 is 14.8 Å². The number of rotatable bonds is 5. The third-order valence-electron chi connectivity index (χ3n) is 2.89. The van der Waals surface area contributed by atoms with Crippen molar-refractivity contribution in [3.8, 4) is 5.75 Å². The van der Waals surface area contributed by atoms with Crippen LogP contribution in [0.25, 0.3) is 11.0 Å². The summed E-state index contributed by atoms with van der Waals surface area (Å²) in [6.45, 7) is -0.363. The highest BCUT2D eigenvalue weighted by molar-refractivity contribution is 5.75. The Kier molecular flexibility index (Phi) is 3.99. The second-order valence-corrected chi connectivity index (χ2v) is 4.33. The Morgan fingerprint density at radius 3 is 2.85 bits per heavy atom. The molecule has 0 atom stereocenters. The van der Waals surface area contributed by atoms with Crippen molar-refractivity contribution in [2.24, 2.45) is 0 Å². The van der Waals surface area contributed by atoms with Crippen LogP contribution in [0.3, 0.4) is 0 Å². The molecule has 2 rings (SSSR count). The molecular formula is C13H14F2N2O3. The van der Waals surface area contributed by atoms with Crippen LogP contribution in [0.15, 0.2) is 23.0 Å². The molecule has 2 N–H and O–H groups in total. The number of hydrogen-bond donors (Lipinski definition) is 2. The number of aromatic nitrogens is 2. The van der Waals surface area contributed by atoms with Gasteiger partial charge in [0, 0.05) is 19.1 Å². The van der Waals surface area contributed by atoms with Gasteiger partial charge in [0.25, 0.3) is 11.5 Å². The van der Waals surface area contributed by atoms with E-state index in [0.717, 1.165) is 0 Å². The van der Waals surface area contributed by atoms with Crippen LogP contribution in [0.4, 0.5) is 8.78 Å². The van der Waals surface area contributed by atoms with Gasteiger partial charge in [-0.05, 0) is 18.6 Å². The van der Waals surface area contributed by atoms with Crippen LogP contribution in [-0.4, -0.2) is 28.8 Å². The molecule has 1 aromatic heterocycles. The van der Waals surface area contributed by atoms with E-state index in [9.17, 15) is 13.6 Å². The number of H-pyrrole nitrogens is 1. The Morgan fingerprint density at radius 1 is 1.45 bits per heavy atom. The molecule has 0 unspecified atom stereocenters. The van der Waals surface area contributed by atoms with Gasteiger partial charge in [-0.25, -0.2) is 4.98 Å². The van der Waals surface area contributed by atoms with Crippen LogP contribution in [0.2, 0.25) is 0 Å². The number of alkyl halides is 2. The lowest BCUT2D eigenvalue weighted by Crippen LogP contribution is -2.27. The second kappa shape index (κ2) is 5.54. The number of aromatic amines is 1. The summed E-state index contributed by atoms with van der Waals surface area (Å²) in [6.07, 6.45) is -0.726. The quantitative estimate of drug-likeness (QED) is 0.878. The van der Waals surface area contributed by atoms with E-state index in [-0.39, 0.29) is 18.5 Å². The lowest BCUT2D eigenvalue weighted by atomic mass is 10.1. The molecule has 1 aromatic carbocycles. The summed E-state index contributed by atoms with van der Waals surface area (Å²) in [7, 11) is 1.46. The summed E-state index contributed by atoms with van der Waals surface area (Å²) in [4.78, 5) is 17.9. The fourth-order valence-electron chi connectivity index (χ4n) is 1.86. The van der Waals surface area contributed by atoms with Gasteiger partial charge in [0.05, 0.1) is 18.1 Å². The smallest absolute Gasteiger partial charge is 0.295 e. The van der Waals surface area contributed by atoms with E-state index in [1.54, 1.807) is 6.07 Å². The van der Waals surface area contributed by atoms with Crippen molar-refractivity contribution in [3.63, 3.8) is 0 Å². The van der Waals surface area contributed by atoms with Crippen molar-refractivity contribution in [3.05, 3.63) is 34.2 Å². The largest absolute Gasteiger partial charge is 0.497 e. The normalized spacial score (nSPS) is 11.8. The molecule has 20 heavy (non-hydrogen) atoms. The number of nitrogens with one attached hydrogen (secondary N) is 1. The first-order chi connectivity index (χ1) is 9.47. The molecule has 5 nitrogen and oxygen atoms in total. The summed E-state index contributed by atoms with van der Waals surface area (Å²) < 4.78 is 32.7. The predicted molar refractivity (Wildman–Crippen MR) is 69.1 cm³/mol. The minimum Gasteiger partial charge on any atom is -0.497 e. The lowest BCUT2D eigenvalue weighted by Gasteiger charge is -2.14. The van der Waals surface area contributed by atoms with Crippen molar-refractivity contribution >= 4 is 11.0 Å². The Hall–Kier alpha value is -2.02. The van der Waals surface area contributed by atoms with Crippen LogP contribution >= 0.6 is 0 Å². The van der Waals surface area contributed by atoms with E-state index < -0.39 is 23.6 Å². The molecule has 0 amide bonds. The van der Waals surface area contributed by atoms with Crippen LogP contribution in [0.1, 0.15) is 18.5 Å². The number of halogens is 2. The number of aliphatic hydroxyl groups is 1. The van der Waals surface area contributed by atoms with Gasteiger partial charge in [-0.1, -0.05) is 0 Å². The van der Waals surface area contributed by atoms with E-state index in [1.807, 2.05) is 0 Å². The molecule has 0 bridgehead atoms. The summed E-state index contributed by atoms with van der Waals surface area (Å²) in [5.41, 5.74) is -1.18. The number of aliphatic hydroxyl groups excluding tert-OH is 1. The summed E-state index contributed by atoms with van der Waals surface area (Å²) >= 11 is 0. The molecule has 0 aliphatic rings. The van der Waals surface area contributed by atoms with E-state index in [0.29, 0.717) is 11.3 Å². The third-order valence-corrected chi connectivity index (χ3v) is 2.89. The minimum atomic E-state index is -3.37. The van der Waals surface area contributed by atoms with Crippen LogP contribution in [0.5, 0.6) is 5.75 Å². The molecule has 7 heteroatoms. The maximum Gasteiger partial charge on any atom is 0.295 e. The van der Waals surface area contributed by atoms with Crippen LogP contribution in [-0.2, 0) is 5.92 Å². The molecule has 1 heterocycles. The lowest BCUT2D eigenvalue weighted by molar-refractivity contribution is -0.0242. The molecule has 2 aromatic rings. The first kappa shape index (κ1) is 14.4. The SMILES string of the molecule is COc1ccc2nc(C(F)(F)CCCO)c(=O)[nH]c2c1. The number of methoxy groups -OCH3 is 1. The minimum absolute atomic E-state index is 0.102. The van der Waals surface area contributed by atoms with Gasteiger partial charge in [-0.3, -0.25) is 4.79 Å². The Labute approximate surface area is 113 Å². The highest BCUT2D eigenvalue weighted by Gasteiger charge is 2.35. The van der Waals surface area contributed by atoms with Gasteiger partial charge in [-0.15, -0.1) is 0 Å². The fraction of sp³-hybridized carbons (Fsp3) is 0.385. The zero-order valence-electron chi connectivity index (χ0n) is 10.8. The molecule has 108 valence electrons. The molecule has 0 aliphatic carbocycles. The molecule has 0 saturated heterocycles. The van der Waals surface area contributed by atoms with Crippen molar-refractivity contribution in [1.82, 2.24) is 9.97 Å². The van der Waals surface area contributed by atoms with Gasteiger partial charge in [0.1, 0.15) is 5.75 Å². The van der Waals surface area contributed by atoms with Crippen LogP contribution < -0.4 is 10.3 Å². The standard InChI is InChI=1S/C13H14F2N2O3/c1-20-8-3-4-9-10(7-8)17-12(19)11(16-9)13(14,15)5-2-6-18/h3-4,7,18H,2,5-6H2,1H3,(H,17,19). The number of nitrogens with zero attached hydrogens (tertiary/aromatic N) is 1. The molecule has 0 saturated carbocycles. The first-order valence-corrected chi connectivity index (χ1v) is 6.05. The Morgan fingerprint density at radius 2 is 2.20 bits per heavy atom. The summed E-state index contributed by atoms with van der Waals surface area (Å²) in [5, 5.41) is 8.62. The average Bonchev–Trinajstić information content (AvgIpc) is 2.43. The zero-order chi connectivity index (χ0) is 14.8. The number of hydrogen-bond acceptors (Lipinski definition) is 4. The monoisotopic (exact) mass is 284 g/mol. The summed E-state index contributed by atoms with van der Waals surface area (Å²) in [5.74, 6) is -2.88. The zero-order valence-corrected chi connectivity index (χ0v) is 10.8. The highest BCUT2D eigenvalue weighted by atomic mass is 19.3. The predicted octanol–water partition coefficient (Wildman–Crippen LogP) is 1.80. The summed E-state index contributed by atoms with van der Waals surface area (Å²) in [6, 6.07) is 4.58. The second-order valence-electron chi connectivity index (χ2n) is 4.33. The molecule has 0 radical (unpaired) electrons. The van der Waals surface area contributed by atoms with Gasteiger partial charge in [0.2, 0.25) is 0 Å². The van der Waals surface area contributed by atoms with E-state index in [1.165, 1.54) is 19.2 Å². The van der Waals surface area contributed by atoms with Crippen molar-refractivity contribution in [2.75, 3.05) is 13.7 Å². The Balaban J connectivity index is 2.50. The highest BCUT2D eigenvalue weighted by Crippen LogP contribution is 2.30. The van der Waals surface area contributed by atoms with Gasteiger partial charge in [-0.2, -0.15) is 8.78 Å². The van der Waals surface area contributed by atoms with E-state index >= 15 is 0 Å². The maximum atomic E-state index is 13.9. The van der Waals surface area contributed by atoms with Crippen LogP contribution in [0, 0.1) is 0 Å². The maximum absolute atomic E-state index is 13.9. The van der Waals surface area contributed by atoms with E-state index in [4.69, 9.17) is 9.84 Å². The first-order valence-electron chi connectivity index (χ1n) is 6.05. The molecular weight excluding hydrogens is 270 g/mol. The van der Waals surface area contributed by atoms with Crippen molar-refractivity contribution in [2.45, 2.75) is 18.8 Å². The third kappa shape index (κ3) is 2.77. The van der Waals surface area contributed by atoms with Gasteiger partial charge in [0.15, 0.2) is 5.69 Å². The number of fused-ring (bicyclic) bond motifs is 1. The number of ether oxygens (including phenoxy) is 1. The Bertz CT molecular complexity index is 670. The van der Waals surface area contributed by atoms with Gasteiger partial charge >= 0.3 is 0 Å². The molecule has 0 spiro atoms. The molecule has 0 aliphatic heterocycles. The topological polar surface area (TPSA) is 75.2 Å².